The molecule has 1 aliphatic heterocycles. The molecule has 0 spiro atoms. The van der Waals surface area contributed by atoms with Gasteiger partial charge in [0.05, 0.1) is 0 Å². The van der Waals surface area contributed by atoms with Crippen LogP contribution in [0.15, 0.2) is 12.1 Å². The molecule has 2 heterocycles. The Kier molecular flexibility index (Phi) is 4.22. The quantitative estimate of drug-likeness (QED) is 0.861. The Morgan fingerprint density at radius 2 is 2.05 bits per heavy atom. The first-order valence-corrected chi connectivity index (χ1v) is 6.71. The van der Waals surface area contributed by atoms with Gasteiger partial charge in [-0.1, -0.05) is 0 Å². The topological polar surface area (TPSA) is 96.5 Å². The predicted molar refractivity (Wildman–Crippen MR) is 74.7 cm³/mol. The third-order valence-electron chi connectivity index (χ3n) is 3.63. The SMILES string of the molecule is Cc1cc(C(N)=O)cc(N2CCC(CC(=O)O)CC2)n1. The smallest absolute Gasteiger partial charge is 0.303 e. The number of pyridine rings is 1. The minimum absolute atomic E-state index is 0.224. The Morgan fingerprint density at radius 3 is 2.60 bits per heavy atom. The first kappa shape index (κ1) is 14.3. The van der Waals surface area contributed by atoms with Crippen LogP contribution in [0.4, 0.5) is 5.82 Å². The van der Waals surface area contributed by atoms with Gasteiger partial charge in [-0.25, -0.2) is 4.98 Å². The fourth-order valence-corrected chi connectivity index (χ4v) is 2.57. The molecule has 20 heavy (non-hydrogen) atoms. The number of nitrogens with two attached hydrogens (primary N) is 1. The minimum atomic E-state index is -0.742. The molecule has 1 amide bonds. The highest BCUT2D eigenvalue weighted by Gasteiger charge is 2.22. The van der Waals surface area contributed by atoms with E-state index in [1.165, 1.54) is 0 Å². The van der Waals surface area contributed by atoms with E-state index < -0.39 is 11.9 Å². The molecule has 0 aliphatic carbocycles. The van der Waals surface area contributed by atoms with E-state index in [0.717, 1.165) is 37.4 Å². The largest absolute Gasteiger partial charge is 0.481 e. The van der Waals surface area contributed by atoms with Gasteiger partial charge in [0.25, 0.3) is 0 Å². The number of anilines is 1. The number of primary amides is 1. The maximum absolute atomic E-state index is 11.3. The molecule has 1 aromatic rings. The lowest BCUT2D eigenvalue weighted by Gasteiger charge is -2.32. The molecule has 2 rings (SSSR count). The van der Waals surface area contributed by atoms with Crippen LogP contribution in [0.5, 0.6) is 0 Å². The lowest BCUT2D eigenvalue weighted by atomic mass is 9.93. The van der Waals surface area contributed by atoms with Crippen LogP contribution in [0.2, 0.25) is 0 Å². The van der Waals surface area contributed by atoms with E-state index in [0.29, 0.717) is 5.56 Å². The van der Waals surface area contributed by atoms with E-state index in [-0.39, 0.29) is 12.3 Å². The minimum Gasteiger partial charge on any atom is -0.481 e. The normalized spacial score (nSPS) is 16.1. The summed E-state index contributed by atoms with van der Waals surface area (Å²) in [6.45, 7) is 3.34. The first-order chi connectivity index (χ1) is 9.45. The van der Waals surface area contributed by atoms with Gasteiger partial charge < -0.3 is 15.7 Å². The first-order valence-electron chi connectivity index (χ1n) is 6.71. The average molecular weight is 277 g/mol. The maximum atomic E-state index is 11.3. The van der Waals surface area contributed by atoms with Crippen molar-refractivity contribution in [3.05, 3.63) is 23.4 Å². The maximum Gasteiger partial charge on any atom is 0.303 e. The number of piperidine rings is 1. The van der Waals surface area contributed by atoms with Gasteiger partial charge in [0.2, 0.25) is 5.91 Å². The Hall–Kier alpha value is -2.11. The lowest BCUT2D eigenvalue weighted by molar-refractivity contribution is -0.138. The molecular weight excluding hydrogens is 258 g/mol. The number of rotatable bonds is 4. The van der Waals surface area contributed by atoms with Crippen LogP contribution >= 0.6 is 0 Å². The van der Waals surface area contributed by atoms with E-state index in [2.05, 4.69) is 9.88 Å². The van der Waals surface area contributed by atoms with Crippen LogP contribution in [0.3, 0.4) is 0 Å². The number of amides is 1. The number of nitrogens with zero attached hydrogens (tertiary/aromatic N) is 2. The van der Waals surface area contributed by atoms with Crippen molar-refractivity contribution >= 4 is 17.7 Å². The Morgan fingerprint density at radius 1 is 1.40 bits per heavy atom. The van der Waals surface area contributed by atoms with Crippen molar-refractivity contribution in [1.82, 2.24) is 4.98 Å². The van der Waals surface area contributed by atoms with Gasteiger partial charge in [-0.15, -0.1) is 0 Å². The molecule has 1 fully saturated rings. The summed E-state index contributed by atoms with van der Waals surface area (Å²) >= 11 is 0. The van der Waals surface area contributed by atoms with Crippen molar-refractivity contribution in [2.75, 3.05) is 18.0 Å². The summed E-state index contributed by atoms with van der Waals surface area (Å²) in [4.78, 5) is 28.5. The fraction of sp³-hybridized carbons (Fsp3) is 0.500. The fourth-order valence-electron chi connectivity index (χ4n) is 2.57. The van der Waals surface area contributed by atoms with Crippen molar-refractivity contribution < 1.29 is 14.7 Å². The van der Waals surface area contributed by atoms with Crippen LogP contribution in [0.25, 0.3) is 0 Å². The van der Waals surface area contributed by atoms with Gasteiger partial charge in [-0.05, 0) is 37.8 Å². The Labute approximate surface area is 117 Å². The summed E-state index contributed by atoms with van der Waals surface area (Å²) in [7, 11) is 0. The van der Waals surface area contributed by atoms with Gasteiger partial charge in [0, 0.05) is 30.8 Å². The second-order valence-electron chi connectivity index (χ2n) is 5.25. The van der Waals surface area contributed by atoms with E-state index in [4.69, 9.17) is 10.8 Å². The summed E-state index contributed by atoms with van der Waals surface area (Å²) in [5.74, 6) is -0.234. The molecule has 0 radical (unpaired) electrons. The van der Waals surface area contributed by atoms with Gasteiger partial charge in [0.1, 0.15) is 5.82 Å². The molecule has 3 N–H and O–H groups in total. The molecule has 1 aromatic heterocycles. The molecular formula is C14H19N3O3. The zero-order chi connectivity index (χ0) is 14.7. The third-order valence-corrected chi connectivity index (χ3v) is 3.63. The number of hydrogen-bond donors (Lipinski definition) is 2. The molecule has 0 aromatic carbocycles. The molecule has 0 atom stereocenters. The van der Waals surface area contributed by atoms with Crippen LogP contribution in [0, 0.1) is 12.8 Å². The second-order valence-corrected chi connectivity index (χ2v) is 5.25. The van der Waals surface area contributed by atoms with E-state index in [1.54, 1.807) is 12.1 Å². The average Bonchev–Trinajstić information content (AvgIpc) is 2.38. The molecule has 6 heteroatoms. The zero-order valence-electron chi connectivity index (χ0n) is 11.5. The molecule has 0 bridgehead atoms. The summed E-state index contributed by atoms with van der Waals surface area (Å²) in [5.41, 5.74) is 6.52. The highest BCUT2D eigenvalue weighted by atomic mass is 16.4. The molecule has 1 saturated heterocycles. The second kappa shape index (κ2) is 5.90. The van der Waals surface area contributed by atoms with E-state index >= 15 is 0 Å². The third kappa shape index (κ3) is 3.46. The van der Waals surface area contributed by atoms with Crippen LogP contribution in [-0.2, 0) is 4.79 Å². The molecule has 0 unspecified atom stereocenters. The van der Waals surface area contributed by atoms with Gasteiger partial charge >= 0.3 is 5.97 Å². The molecule has 1 aliphatic rings. The van der Waals surface area contributed by atoms with Crippen molar-refractivity contribution in [2.24, 2.45) is 11.7 Å². The number of aromatic nitrogens is 1. The monoisotopic (exact) mass is 277 g/mol. The molecule has 108 valence electrons. The van der Waals surface area contributed by atoms with Crippen molar-refractivity contribution in [3.63, 3.8) is 0 Å². The van der Waals surface area contributed by atoms with E-state index in [1.807, 2.05) is 6.92 Å². The zero-order valence-corrected chi connectivity index (χ0v) is 11.5. The Balaban J connectivity index is 2.07. The summed E-state index contributed by atoms with van der Waals surface area (Å²) in [5, 5.41) is 8.81. The molecule has 0 saturated carbocycles. The summed E-state index contributed by atoms with van der Waals surface area (Å²) in [6, 6.07) is 3.37. The Bertz CT molecular complexity index is 522. The number of aryl methyl sites for hydroxylation is 1. The lowest BCUT2D eigenvalue weighted by Crippen LogP contribution is -2.35. The molecule has 6 nitrogen and oxygen atoms in total. The van der Waals surface area contributed by atoms with E-state index in [9.17, 15) is 9.59 Å². The van der Waals surface area contributed by atoms with Crippen molar-refractivity contribution in [2.45, 2.75) is 26.2 Å². The number of carboxylic acid groups (broad SMARTS) is 1. The van der Waals surface area contributed by atoms with Crippen molar-refractivity contribution in [3.8, 4) is 0 Å². The van der Waals surface area contributed by atoms with Crippen LogP contribution in [-0.4, -0.2) is 35.1 Å². The number of hydrogen-bond acceptors (Lipinski definition) is 4. The number of carbonyl (C=O) groups is 2. The predicted octanol–water partition coefficient (Wildman–Crippen LogP) is 1.18. The highest BCUT2D eigenvalue weighted by Crippen LogP contribution is 2.25. The van der Waals surface area contributed by atoms with Gasteiger partial charge in [-0.2, -0.15) is 0 Å². The van der Waals surface area contributed by atoms with Crippen LogP contribution in [0.1, 0.15) is 35.3 Å². The summed E-state index contributed by atoms with van der Waals surface area (Å²) < 4.78 is 0. The highest BCUT2D eigenvalue weighted by molar-refractivity contribution is 5.93. The standard InChI is InChI=1S/C14H19N3O3/c1-9-6-11(14(15)20)8-12(16-9)17-4-2-10(3-5-17)7-13(18)19/h6,8,10H,2-5,7H2,1H3,(H2,15,20)(H,18,19). The van der Waals surface area contributed by atoms with Crippen LogP contribution < -0.4 is 10.6 Å². The van der Waals surface area contributed by atoms with Crippen molar-refractivity contribution in [1.29, 1.82) is 0 Å². The number of aliphatic carboxylic acids is 1. The van der Waals surface area contributed by atoms with Gasteiger partial charge in [0.15, 0.2) is 0 Å². The number of carbonyl (C=O) groups excluding carboxylic acids is 1. The summed E-state index contributed by atoms with van der Waals surface area (Å²) in [6.07, 6.45) is 1.88. The van der Waals surface area contributed by atoms with Gasteiger partial charge in [-0.3, -0.25) is 9.59 Å². The number of carboxylic acids is 1.